The number of hydrogen-bond acceptors (Lipinski definition) is 2. The number of fused-ring (bicyclic) bond motifs is 1. The molecule has 0 radical (unpaired) electrons. The molecule has 1 aliphatic rings. The number of alkyl halides is 3. The van der Waals surface area contributed by atoms with Crippen LogP contribution in [0.25, 0.3) is 0 Å². The second-order valence-electron chi connectivity index (χ2n) is 6.72. The van der Waals surface area contributed by atoms with Crippen LogP contribution in [-0.4, -0.2) is 26.8 Å². The SMILES string of the molecule is O=C(O)C[C@H]1CC[C@H](c2cccc(F)c2F)Cn2c(CC(F)(F)F)cnc21. The zero-order valence-corrected chi connectivity index (χ0v) is 14.1. The molecular weight excluding hydrogens is 371 g/mol. The molecule has 9 heteroatoms. The van der Waals surface area contributed by atoms with E-state index in [1.165, 1.54) is 16.7 Å². The van der Waals surface area contributed by atoms with E-state index in [1.807, 2.05) is 0 Å². The van der Waals surface area contributed by atoms with Crippen molar-refractivity contribution >= 4 is 5.97 Å². The van der Waals surface area contributed by atoms with E-state index in [1.54, 1.807) is 0 Å². The molecule has 1 N–H and O–H groups in total. The summed E-state index contributed by atoms with van der Waals surface area (Å²) in [4.78, 5) is 15.2. The first kappa shape index (κ1) is 19.3. The molecule has 3 rings (SSSR count). The number of aliphatic carboxylic acids is 1. The van der Waals surface area contributed by atoms with Crippen molar-refractivity contribution < 1.29 is 31.9 Å². The normalized spacial score (nSPS) is 20.2. The van der Waals surface area contributed by atoms with Crippen LogP contribution in [0, 0.1) is 11.6 Å². The summed E-state index contributed by atoms with van der Waals surface area (Å²) in [6.45, 7) is -0.0166. The molecule has 0 fully saturated rings. The summed E-state index contributed by atoms with van der Waals surface area (Å²) < 4.78 is 67.8. The standard InChI is InChI=1S/C18H17F5N2O2/c19-14-3-1-2-13(16(14)20)11-5-4-10(6-15(26)27)17-24-8-12(25(17)9-11)7-18(21,22)23/h1-3,8,10-11H,4-7,9H2,(H,26,27)/t10-,11+/m1/s1. The van der Waals surface area contributed by atoms with E-state index >= 15 is 0 Å². The number of imidazole rings is 1. The van der Waals surface area contributed by atoms with Crippen LogP contribution in [-0.2, 0) is 17.8 Å². The summed E-state index contributed by atoms with van der Waals surface area (Å²) in [6.07, 6.45) is -4.28. The van der Waals surface area contributed by atoms with Gasteiger partial charge in [0.15, 0.2) is 11.6 Å². The molecule has 0 saturated heterocycles. The Hall–Kier alpha value is -2.45. The van der Waals surface area contributed by atoms with E-state index in [2.05, 4.69) is 4.98 Å². The Balaban J connectivity index is 2.02. The molecule has 1 aromatic heterocycles. The molecule has 0 bridgehead atoms. The van der Waals surface area contributed by atoms with Crippen molar-refractivity contribution in [3.05, 3.63) is 53.1 Å². The summed E-state index contributed by atoms with van der Waals surface area (Å²) in [5.41, 5.74) is -0.0415. The molecule has 4 nitrogen and oxygen atoms in total. The summed E-state index contributed by atoms with van der Waals surface area (Å²) in [5.74, 6) is -4.08. The molecule has 0 spiro atoms. The van der Waals surface area contributed by atoms with Gasteiger partial charge in [-0.25, -0.2) is 13.8 Å². The minimum absolute atomic E-state index is 0.0166. The lowest BCUT2D eigenvalue weighted by Crippen LogP contribution is -2.19. The highest BCUT2D eigenvalue weighted by Gasteiger charge is 2.34. The van der Waals surface area contributed by atoms with Gasteiger partial charge in [-0.1, -0.05) is 12.1 Å². The van der Waals surface area contributed by atoms with E-state index in [0.29, 0.717) is 12.8 Å². The molecule has 2 heterocycles. The molecule has 2 atom stereocenters. The Morgan fingerprint density at radius 2 is 2.00 bits per heavy atom. The van der Waals surface area contributed by atoms with Gasteiger partial charge in [-0.05, 0) is 24.5 Å². The van der Waals surface area contributed by atoms with E-state index in [-0.39, 0.29) is 30.0 Å². The van der Waals surface area contributed by atoms with Crippen molar-refractivity contribution in [2.75, 3.05) is 0 Å². The maximum Gasteiger partial charge on any atom is 0.394 e. The quantitative estimate of drug-likeness (QED) is 0.790. The van der Waals surface area contributed by atoms with Crippen molar-refractivity contribution in [2.24, 2.45) is 0 Å². The lowest BCUT2D eigenvalue weighted by Gasteiger charge is -2.19. The Bertz CT molecular complexity index is 847. The van der Waals surface area contributed by atoms with Gasteiger partial charge in [0, 0.05) is 30.3 Å². The zero-order valence-electron chi connectivity index (χ0n) is 14.1. The van der Waals surface area contributed by atoms with Crippen LogP contribution in [0.3, 0.4) is 0 Å². The molecule has 27 heavy (non-hydrogen) atoms. The number of benzene rings is 1. The molecule has 0 aliphatic carbocycles. The number of aromatic nitrogens is 2. The molecule has 0 unspecified atom stereocenters. The van der Waals surface area contributed by atoms with Crippen molar-refractivity contribution in [3.8, 4) is 0 Å². The second kappa shape index (κ2) is 7.28. The highest BCUT2D eigenvalue weighted by Crippen LogP contribution is 2.38. The second-order valence-corrected chi connectivity index (χ2v) is 6.72. The molecule has 1 aliphatic heterocycles. The third-order valence-electron chi connectivity index (χ3n) is 4.82. The van der Waals surface area contributed by atoms with Gasteiger partial charge in [0.25, 0.3) is 0 Å². The Morgan fingerprint density at radius 3 is 2.67 bits per heavy atom. The van der Waals surface area contributed by atoms with Crippen LogP contribution in [0.15, 0.2) is 24.4 Å². The lowest BCUT2D eigenvalue weighted by molar-refractivity contribution is -0.137. The van der Waals surface area contributed by atoms with Gasteiger partial charge in [0.2, 0.25) is 0 Å². The average molecular weight is 388 g/mol. The van der Waals surface area contributed by atoms with E-state index in [9.17, 15) is 26.7 Å². The van der Waals surface area contributed by atoms with Crippen molar-refractivity contribution in [2.45, 2.75) is 50.2 Å². The number of carboxylic acids is 1. The Labute approximate surface area is 151 Å². The third-order valence-corrected chi connectivity index (χ3v) is 4.82. The van der Waals surface area contributed by atoms with Crippen molar-refractivity contribution in [1.82, 2.24) is 9.55 Å². The first-order valence-electron chi connectivity index (χ1n) is 8.42. The van der Waals surface area contributed by atoms with Crippen molar-refractivity contribution in [3.63, 3.8) is 0 Å². The molecule has 0 amide bonds. The fourth-order valence-electron chi connectivity index (χ4n) is 3.65. The summed E-state index contributed by atoms with van der Waals surface area (Å²) in [7, 11) is 0. The van der Waals surface area contributed by atoms with Gasteiger partial charge >= 0.3 is 12.1 Å². The topological polar surface area (TPSA) is 55.1 Å². The maximum absolute atomic E-state index is 14.2. The number of rotatable bonds is 4. The minimum Gasteiger partial charge on any atom is -0.481 e. The molecule has 2 aromatic rings. The zero-order chi connectivity index (χ0) is 19.8. The van der Waals surface area contributed by atoms with Gasteiger partial charge in [-0.15, -0.1) is 0 Å². The van der Waals surface area contributed by atoms with E-state index in [4.69, 9.17) is 5.11 Å². The predicted molar refractivity (Wildman–Crippen MR) is 85.3 cm³/mol. The number of nitrogens with zero attached hydrogens (tertiary/aromatic N) is 2. The van der Waals surface area contributed by atoms with Crippen LogP contribution in [0.1, 0.15) is 48.2 Å². The first-order chi connectivity index (χ1) is 12.7. The predicted octanol–water partition coefficient (Wildman–Crippen LogP) is 4.40. The van der Waals surface area contributed by atoms with Gasteiger partial charge in [0.1, 0.15) is 5.82 Å². The smallest absolute Gasteiger partial charge is 0.394 e. The number of halogens is 5. The van der Waals surface area contributed by atoms with Crippen LogP contribution in [0.5, 0.6) is 0 Å². The molecule has 146 valence electrons. The number of hydrogen-bond donors (Lipinski definition) is 1. The maximum atomic E-state index is 14.2. The third kappa shape index (κ3) is 4.28. The Kier molecular flexibility index (Phi) is 5.21. The highest BCUT2D eigenvalue weighted by atomic mass is 19.4. The summed E-state index contributed by atoms with van der Waals surface area (Å²) >= 11 is 0. The number of carbonyl (C=O) groups is 1. The van der Waals surface area contributed by atoms with Crippen molar-refractivity contribution in [1.29, 1.82) is 0 Å². The number of carboxylic acid groups (broad SMARTS) is 1. The van der Waals surface area contributed by atoms with E-state index in [0.717, 1.165) is 12.3 Å². The fourth-order valence-corrected chi connectivity index (χ4v) is 3.65. The molecular formula is C18H17F5N2O2. The van der Waals surface area contributed by atoms with E-state index < -0.39 is 42.0 Å². The van der Waals surface area contributed by atoms with Gasteiger partial charge in [-0.2, -0.15) is 13.2 Å². The fraction of sp³-hybridized carbons (Fsp3) is 0.444. The van der Waals surface area contributed by atoms with Crippen LogP contribution in [0.2, 0.25) is 0 Å². The average Bonchev–Trinajstić information content (AvgIpc) is 2.83. The van der Waals surface area contributed by atoms with Crippen LogP contribution >= 0.6 is 0 Å². The van der Waals surface area contributed by atoms with Gasteiger partial charge in [-0.3, -0.25) is 4.79 Å². The van der Waals surface area contributed by atoms with Gasteiger partial charge < -0.3 is 9.67 Å². The molecule has 0 saturated carbocycles. The Morgan fingerprint density at radius 1 is 1.26 bits per heavy atom. The summed E-state index contributed by atoms with van der Waals surface area (Å²) in [5, 5.41) is 9.11. The minimum atomic E-state index is -4.47. The van der Waals surface area contributed by atoms with Crippen LogP contribution < -0.4 is 0 Å². The molecule has 1 aromatic carbocycles. The largest absolute Gasteiger partial charge is 0.481 e. The van der Waals surface area contributed by atoms with Crippen LogP contribution in [0.4, 0.5) is 22.0 Å². The van der Waals surface area contributed by atoms with Gasteiger partial charge in [0.05, 0.1) is 12.8 Å². The lowest BCUT2D eigenvalue weighted by atomic mass is 9.90. The summed E-state index contributed by atoms with van der Waals surface area (Å²) in [6, 6.07) is 3.72. The first-order valence-corrected chi connectivity index (χ1v) is 8.42. The highest BCUT2D eigenvalue weighted by molar-refractivity contribution is 5.67. The monoisotopic (exact) mass is 388 g/mol.